The highest BCUT2D eigenvalue weighted by atomic mass is 16.5. The first-order valence-electron chi connectivity index (χ1n) is 6.51. The summed E-state index contributed by atoms with van der Waals surface area (Å²) in [5, 5.41) is 26.2. The van der Waals surface area contributed by atoms with Crippen molar-refractivity contribution in [1.82, 2.24) is 10.2 Å². The van der Waals surface area contributed by atoms with Crippen molar-refractivity contribution in [2.24, 2.45) is 0 Å². The molecule has 0 aliphatic carbocycles. The van der Waals surface area contributed by atoms with Crippen molar-refractivity contribution in [3.8, 4) is 22.9 Å². The summed E-state index contributed by atoms with van der Waals surface area (Å²) >= 11 is 0. The molecule has 0 bridgehead atoms. The number of aliphatic hydroxyl groups is 2. The Morgan fingerprint density at radius 2 is 1.57 bits per heavy atom. The highest BCUT2D eigenvalue weighted by Gasteiger charge is 2.12. The minimum absolute atomic E-state index is 0.396. The lowest BCUT2D eigenvalue weighted by Crippen LogP contribution is -1.93. The first-order valence-corrected chi connectivity index (χ1v) is 6.51. The fraction of sp³-hybridized carbons (Fsp3) is 0.125. The van der Waals surface area contributed by atoms with Crippen LogP contribution in [-0.4, -0.2) is 20.4 Å². The number of nitrogens with zero attached hydrogens (tertiary/aromatic N) is 2. The molecule has 5 heteroatoms. The molecule has 0 amide bonds. The van der Waals surface area contributed by atoms with E-state index in [0.29, 0.717) is 17.3 Å². The summed E-state index contributed by atoms with van der Waals surface area (Å²) in [7, 11) is 0. The number of hydrogen-bond donors (Lipinski definition) is 2. The molecular weight excluding hydrogens is 268 g/mol. The molecule has 0 atom stereocenters. The van der Waals surface area contributed by atoms with E-state index in [9.17, 15) is 0 Å². The van der Waals surface area contributed by atoms with Crippen LogP contribution >= 0.6 is 0 Å². The maximum atomic E-state index is 9.07. The van der Waals surface area contributed by atoms with Crippen LogP contribution in [0.1, 0.15) is 17.4 Å². The van der Waals surface area contributed by atoms with Gasteiger partial charge in [-0.05, 0) is 30.7 Å². The molecule has 1 heterocycles. The van der Waals surface area contributed by atoms with Crippen LogP contribution in [0.4, 0.5) is 0 Å². The fourth-order valence-electron chi connectivity index (χ4n) is 2.06. The Labute approximate surface area is 121 Å². The molecule has 3 aromatic rings. The van der Waals surface area contributed by atoms with Gasteiger partial charge in [-0.3, -0.25) is 0 Å². The van der Waals surface area contributed by atoms with E-state index in [2.05, 4.69) is 10.2 Å². The van der Waals surface area contributed by atoms with Crippen LogP contribution in [0.3, 0.4) is 0 Å². The number of aliphatic hydroxyl groups excluding tert-OH is 1. The van der Waals surface area contributed by atoms with Crippen LogP contribution in [0.5, 0.6) is 0 Å². The SMILES string of the molecule is Cc1ccccc1-c1nnc(-c2ccc(C(O)O)cc2)o1. The van der Waals surface area contributed by atoms with Crippen molar-refractivity contribution in [1.29, 1.82) is 0 Å². The predicted molar refractivity (Wildman–Crippen MR) is 77.1 cm³/mol. The second-order valence-electron chi connectivity index (χ2n) is 4.72. The molecule has 0 saturated heterocycles. The number of hydrogen-bond acceptors (Lipinski definition) is 5. The monoisotopic (exact) mass is 282 g/mol. The molecule has 2 aromatic carbocycles. The zero-order chi connectivity index (χ0) is 14.8. The summed E-state index contributed by atoms with van der Waals surface area (Å²) in [6.45, 7) is 1.98. The van der Waals surface area contributed by atoms with E-state index in [-0.39, 0.29) is 0 Å². The summed E-state index contributed by atoms with van der Waals surface area (Å²) in [6.07, 6.45) is -1.48. The number of aryl methyl sites for hydroxylation is 1. The van der Waals surface area contributed by atoms with E-state index >= 15 is 0 Å². The van der Waals surface area contributed by atoms with Gasteiger partial charge in [-0.1, -0.05) is 30.3 Å². The van der Waals surface area contributed by atoms with Gasteiger partial charge in [0, 0.05) is 16.7 Å². The van der Waals surface area contributed by atoms with Crippen LogP contribution in [0.25, 0.3) is 22.9 Å². The van der Waals surface area contributed by atoms with Gasteiger partial charge in [-0.25, -0.2) is 0 Å². The number of rotatable bonds is 3. The number of benzene rings is 2. The molecule has 5 nitrogen and oxygen atoms in total. The summed E-state index contributed by atoms with van der Waals surface area (Å²) < 4.78 is 5.69. The molecule has 0 saturated carbocycles. The Balaban J connectivity index is 1.93. The molecule has 0 spiro atoms. The average Bonchev–Trinajstić information content (AvgIpc) is 2.97. The van der Waals surface area contributed by atoms with Crippen molar-refractivity contribution in [3.63, 3.8) is 0 Å². The van der Waals surface area contributed by atoms with Crippen molar-refractivity contribution in [3.05, 3.63) is 59.7 Å². The molecular formula is C16H14N2O3. The van der Waals surface area contributed by atoms with E-state index in [1.165, 1.54) is 0 Å². The van der Waals surface area contributed by atoms with E-state index in [0.717, 1.165) is 16.7 Å². The van der Waals surface area contributed by atoms with Crippen molar-refractivity contribution in [2.75, 3.05) is 0 Å². The van der Waals surface area contributed by atoms with Gasteiger partial charge in [0.2, 0.25) is 11.8 Å². The van der Waals surface area contributed by atoms with E-state index < -0.39 is 6.29 Å². The third kappa shape index (κ3) is 2.69. The lowest BCUT2D eigenvalue weighted by atomic mass is 10.1. The summed E-state index contributed by atoms with van der Waals surface area (Å²) in [4.78, 5) is 0. The maximum Gasteiger partial charge on any atom is 0.248 e. The van der Waals surface area contributed by atoms with E-state index in [1.807, 2.05) is 31.2 Å². The topological polar surface area (TPSA) is 79.4 Å². The Bertz CT molecular complexity index is 748. The van der Waals surface area contributed by atoms with Gasteiger partial charge in [0.1, 0.15) is 0 Å². The minimum atomic E-state index is -1.48. The molecule has 3 rings (SSSR count). The highest BCUT2D eigenvalue weighted by Crippen LogP contribution is 2.26. The Kier molecular flexibility index (Phi) is 3.51. The second-order valence-corrected chi connectivity index (χ2v) is 4.72. The lowest BCUT2D eigenvalue weighted by molar-refractivity contribution is -0.0424. The molecule has 0 aliphatic rings. The molecule has 0 radical (unpaired) electrons. The quantitative estimate of drug-likeness (QED) is 0.722. The van der Waals surface area contributed by atoms with Gasteiger partial charge in [0.05, 0.1) is 0 Å². The largest absolute Gasteiger partial charge is 0.416 e. The molecule has 21 heavy (non-hydrogen) atoms. The predicted octanol–water partition coefficient (Wildman–Crippen LogP) is 2.70. The third-order valence-corrected chi connectivity index (χ3v) is 3.26. The molecule has 2 N–H and O–H groups in total. The summed E-state index contributed by atoms with van der Waals surface area (Å²) in [6, 6.07) is 14.4. The maximum absolute atomic E-state index is 9.07. The Hall–Kier alpha value is -2.50. The molecule has 0 unspecified atom stereocenters. The highest BCUT2D eigenvalue weighted by molar-refractivity contribution is 5.60. The van der Waals surface area contributed by atoms with Gasteiger partial charge < -0.3 is 14.6 Å². The van der Waals surface area contributed by atoms with Crippen LogP contribution in [0.15, 0.2) is 52.9 Å². The minimum Gasteiger partial charge on any atom is -0.416 e. The van der Waals surface area contributed by atoms with Crippen LogP contribution in [-0.2, 0) is 0 Å². The van der Waals surface area contributed by atoms with Crippen LogP contribution in [0.2, 0.25) is 0 Å². The molecule has 0 fully saturated rings. The van der Waals surface area contributed by atoms with Crippen molar-refractivity contribution in [2.45, 2.75) is 13.2 Å². The van der Waals surface area contributed by atoms with Crippen LogP contribution in [0, 0.1) is 6.92 Å². The van der Waals surface area contributed by atoms with Gasteiger partial charge in [-0.15, -0.1) is 10.2 Å². The molecule has 1 aromatic heterocycles. The first kappa shape index (κ1) is 13.5. The second kappa shape index (κ2) is 5.47. The van der Waals surface area contributed by atoms with Crippen molar-refractivity contribution >= 4 is 0 Å². The zero-order valence-electron chi connectivity index (χ0n) is 11.4. The Morgan fingerprint density at radius 3 is 2.24 bits per heavy atom. The Morgan fingerprint density at radius 1 is 0.905 bits per heavy atom. The summed E-state index contributed by atoms with van der Waals surface area (Å²) in [5.41, 5.74) is 3.11. The van der Waals surface area contributed by atoms with Crippen LogP contribution < -0.4 is 0 Å². The standard InChI is InChI=1S/C16H14N2O3/c1-10-4-2-3-5-13(10)15-18-17-14(21-15)11-6-8-12(9-7-11)16(19)20/h2-9,16,19-20H,1H3. The first-order chi connectivity index (χ1) is 10.1. The summed E-state index contributed by atoms with van der Waals surface area (Å²) in [5.74, 6) is 0.863. The smallest absolute Gasteiger partial charge is 0.248 e. The normalized spacial score (nSPS) is 11.0. The van der Waals surface area contributed by atoms with Gasteiger partial charge in [0.25, 0.3) is 0 Å². The van der Waals surface area contributed by atoms with Gasteiger partial charge in [-0.2, -0.15) is 0 Å². The lowest BCUT2D eigenvalue weighted by Gasteiger charge is -2.03. The van der Waals surface area contributed by atoms with E-state index in [4.69, 9.17) is 14.6 Å². The van der Waals surface area contributed by atoms with Gasteiger partial charge >= 0.3 is 0 Å². The molecule has 0 aliphatic heterocycles. The van der Waals surface area contributed by atoms with Gasteiger partial charge in [0.15, 0.2) is 6.29 Å². The zero-order valence-corrected chi connectivity index (χ0v) is 11.4. The van der Waals surface area contributed by atoms with E-state index in [1.54, 1.807) is 24.3 Å². The number of aromatic nitrogens is 2. The van der Waals surface area contributed by atoms with Crippen molar-refractivity contribution < 1.29 is 14.6 Å². The average molecular weight is 282 g/mol. The third-order valence-electron chi connectivity index (χ3n) is 3.26. The molecule has 106 valence electrons. The fourth-order valence-corrected chi connectivity index (χ4v) is 2.06.